The average Bonchev–Trinajstić information content (AvgIpc) is 2.72. The molecule has 1 aliphatic heterocycles. The molecule has 0 atom stereocenters. The van der Waals surface area contributed by atoms with Crippen molar-refractivity contribution in [1.82, 2.24) is 0 Å². The van der Waals surface area contributed by atoms with Crippen LogP contribution in [0, 0.1) is 11.3 Å². The maximum absolute atomic E-state index is 11.7. The molecule has 0 aromatic heterocycles. The van der Waals surface area contributed by atoms with Gasteiger partial charge in [-0.05, 0) is 55.7 Å². The Morgan fingerprint density at radius 1 is 1.22 bits per heavy atom. The lowest BCUT2D eigenvalue weighted by Crippen LogP contribution is -2.40. The first-order valence-corrected chi connectivity index (χ1v) is 9.09. The Kier molecular flexibility index (Phi) is 5.78. The van der Waals surface area contributed by atoms with Crippen LogP contribution >= 0.6 is 0 Å². The molecule has 0 unspecified atom stereocenters. The molecule has 1 N–H and O–H groups in total. The Labute approximate surface area is 159 Å². The van der Waals surface area contributed by atoms with Gasteiger partial charge in [-0.3, -0.25) is 4.79 Å². The fraction of sp³-hybridized carbons (Fsp3) is 0.364. The standard InChI is InChI=1S/C22H24N2O3/c1-16(25)17-3-4-18(14-23)21(13-17)24-15-22(9-11-27-12-10-22)19-5-7-20(26-2)8-6-19/h3-8,13,24H,9-12,15H2,1-2H3. The van der Waals surface area contributed by atoms with Crippen molar-refractivity contribution < 1.29 is 14.3 Å². The van der Waals surface area contributed by atoms with Gasteiger partial charge in [0.2, 0.25) is 0 Å². The minimum absolute atomic E-state index is 0.0153. The number of ether oxygens (including phenoxy) is 2. The zero-order chi connectivity index (χ0) is 19.3. The molecule has 5 heteroatoms. The van der Waals surface area contributed by atoms with E-state index in [0.29, 0.717) is 36.6 Å². The van der Waals surface area contributed by atoms with E-state index in [4.69, 9.17) is 9.47 Å². The van der Waals surface area contributed by atoms with Gasteiger partial charge < -0.3 is 14.8 Å². The van der Waals surface area contributed by atoms with Gasteiger partial charge in [0.15, 0.2) is 5.78 Å². The molecule has 2 aromatic rings. The molecule has 0 amide bonds. The summed E-state index contributed by atoms with van der Waals surface area (Å²) in [6, 6.07) is 15.5. The normalized spacial score (nSPS) is 15.6. The van der Waals surface area contributed by atoms with Crippen LogP contribution in [0.5, 0.6) is 5.75 Å². The molecule has 2 aromatic carbocycles. The van der Waals surface area contributed by atoms with Gasteiger partial charge in [-0.25, -0.2) is 0 Å². The smallest absolute Gasteiger partial charge is 0.159 e. The van der Waals surface area contributed by atoms with Crippen LogP contribution in [0.4, 0.5) is 5.69 Å². The van der Waals surface area contributed by atoms with Crippen molar-refractivity contribution in [2.45, 2.75) is 25.2 Å². The number of ketones is 1. The number of hydrogen-bond acceptors (Lipinski definition) is 5. The van der Waals surface area contributed by atoms with E-state index < -0.39 is 0 Å². The number of methoxy groups -OCH3 is 1. The molecule has 5 nitrogen and oxygen atoms in total. The lowest BCUT2D eigenvalue weighted by molar-refractivity contribution is 0.0544. The van der Waals surface area contributed by atoms with Gasteiger partial charge in [0, 0.05) is 30.7 Å². The van der Waals surface area contributed by atoms with Crippen LogP contribution in [0.3, 0.4) is 0 Å². The molecule has 3 rings (SSSR count). The highest BCUT2D eigenvalue weighted by atomic mass is 16.5. The number of hydrogen-bond donors (Lipinski definition) is 1. The first-order chi connectivity index (χ1) is 13.1. The summed E-state index contributed by atoms with van der Waals surface area (Å²) in [4.78, 5) is 11.7. The van der Waals surface area contributed by atoms with Crippen LogP contribution in [0.2, 0.25) is 0 Å². The Balaban J connectivity index is 1.88. The van der Waals surface area contributed by atoms with E-state index in [0.717, 1.165) is 18.6 Å². The third-order valence-corrected chi connectivity index (χ3v) is 5.32. The van der Waals surface area contributed by atoms with Gasteiger partial charge in [0.25, 0.3) is 0 Å². The molecule has 0 spiro atoms. The first-order valence-electron chi connectivity index (χ1n) is 9.09. The summed E-state index contributed by atoms with van der Waals surface area (Å²) in [5.41, 5.74) is 2.97. The minimum atomic E-state index is -0.0938. The number of nitrogens with one attached hydrogen (secondary N) is 1. The van der Waals surface area contributed by atoms with Gasteiger partial charge in [-0.15, -0.1) is 0 Å². The topological polar surface area (TPSA) is 71.3 Å². The van der Waals surface area contributed by atoms with Crippen LogP contribution in [0.1, 0.15) is 41.3 Å². The number of rotatable bonds is 6. The lowest BCUT2D eigenvalue weighted by Gasteiger charge is -2.38. The number of nitrogens with zero attached hydrogens (tertiary/aromatic N) is 1. The number of carbonyl (C=O) groups is 1. The second-order valence-electron chi connectivity index (χ2n) is 6.90. The molecule has 1 fully saturated rings. The van der Waals surface area contributed by atoms with Crippen molar-refractivity contribution >= 4 is 11.5 Å². The van der Waals surface area contributed by atoms with Crippen molar-refractivity contribution in [2.75, 3.05) is 32.2 Å². The van der Waals surface area contributed by atoms with E-state index >= 15 is 0 Å². The molecule has 0 bridgehead atoms. The minimum Gasteiger partial charge on any atom is -0.497 e. The summed E-state index contributed by atoms with van der Waals surface area (Å²) in [7, 11) is 1.66. The van der Waals surface area contributed by atoms with Crippen molar-refractivity contribution in [2.24, 2.45) is 0 Å². The molecule has 1 heterocycles. The lowest BCUT2D eigenvalue weighted by atomic mass is 9.74. The Morgan fingerprint density at radius 3 is 2.52 bits per heavy atom. The summed E-state index contributed by atoms with van der Waals surface area (Å²) in [6.45, 7) is 3.60. The van der Waals surface area contributed by atoms with Crippen molar-refractivity contribution in [3.05, 3.63) is 59.2 Å². The van der Waals surface area contributed by atoms with Crippen molar-refractivity contribution in [1.29, 1.82) is 5.26 Å². The fourth-order valence-electron chi connectivity index (χ4n) is 3.55. The molecule has 0 aliphatic carbocycles. The van der Waals surface area contributed by atoms with E-state index in [-0.39, 0.29) is 11.2 Å². The molecule has 1 aliphatic rings. The second kappa shape index (κ2) is 8.24. The zero-order valence-electron chi connectivity index (χ0n) is 15.7. The van der Waals surface area contributed by atoms with E-state index in [1.807, 2.05) is 12.1 Å². The maximum Gasteiger partial charge on any atom is 0.159 e. The van der Waals surface area contributed by atoms with E-state index in [1.54, 1.807) is 25.3 Å². The third kappa shape index (κ3) is 4.12. The highest BCUT2D eigenvalue weighted by molar-refractivity contribution is 5.95. The van der Waals surface area contributed by atoms with Crippen molar-refractivity contribution in [3.63, 3.8) is 0 Å². The van der Waals surface area contributed by atoms with Gasteiger partial charge in [-0.2, -0.15) is 5.26 Å². The number of Topliss-reactive ketones (excluding diaryl/α,β-unsaturated/α-hetero) is 1. The van der Waals surface area contributed by atoms with E-state index in [9.17, 15) is 10.1 Å². The molecule has 140 valence electrons. The number of carbonyl (C=O) groups excluding carboxylic acids is 1. The predicted molar refractivity (Wildman–Crippen MR) is 104 cm³/mol. The molecule has 0 saturated carbocycles. The average molecular weight is 364 g/mol. The zero-order valence-corrected chi connectivity index (χ0v) is 15.7. The molecular formula is C22H24N2O3. The van der Waals surface area contributed by atoms with Crippen LogP contribution < -0.4 is 10.1 Å². The van der Waals surface area contributed by atoms with Crippen LogP contribution in [-0.4, -0.2) is 32.7 Å². The SMILES string of the molecule is COc1ccc(C2(CNc3cc(C(C)=O)ccc3C#N)CCOCC2)cc1. The second-order valence-corrected chi connectivity index (χ2v) is 6.90. The largest absolute Gasteiger partial charge is 0.497 e. The Hall–Kier alpha value is -2.84. The maximum atomic E-state index is 11.7. The Bertz CT molecular complexity index is 847. The highest BCUT2D eigenvalue weighted by Crippen LogP contribution is 2.36. The summed E-state index contributed by atoms with van der Waals surface area (Å²) in [6.07, 6.45) is 1.78. The van der Waals surface area contributed by atoms with E-state index in [1.165, 1.54) is 12.5 Å². The van der Waals surface area contributed by atoms with Crippen molar-refractivity contribution in [3.8, 4) is 11.8 Å². The predicted octanol–water partition coefficient (Wildman–Crippen LogP) is 3.93. The number of nitriles is 1. The highest BCUT2D eigenvalue weighted by Gasteiger charge is 2.34. The van der Waals surface area contributed by atoms with E-state index in [2.05, 4.69) is 23.5 Å². The summed E-state index contributed by atoms with van der Waals surface area (Å²) < 4.78 is 10.9. The Morgan fingerprint density at radius 2 is 1.93 bits per heavy atom. The van der Waals surface area contributed by atoms with Gasteiger partial charge in [0.05, 0.1) is 18.4 Å². The van der Waals surface area contributed by atoms with Gasteiger partial charge in [-0.1, -0.05) is 12.1 Å². The molecule has 0 radical (unpaired) electrons. The molecule has 1 saturated heterocycles. The molecule has 27 heavy (non-hydrogen) atoms. The molecular weight excluding hydrogens is 340 g/mol. The fourth-order valence-corrected chi connectivity index (χ4v) is 3.55. The number of anilines is 1. The van der Waals surface area contributed by atoms with Crippen LogP contribution in [-0.2, 0) is 10.2 Å². The summed E-state index contributed by atoms with van der Waals surface area (Å²) in [5, 5.41) is 12.9. The van der Waals surface area contributed by atoms with Crippen LogP contribution in [0.25, 0.3) is 0 Å². The van der Waals surface area contributed by atoms with Gasteiger partial charge >= 0.3 is 0 Å². The quantitative estimate of drug-likeness (QED) is 0.787. The first kappa shape index (κ1) is 18.9. The third-order valence-electron chi connectivity index (χ3n) is 5.32. The summed E-state index contributed by atoms with van der Waals surface area (Å²) in [5.74, 6) is 0.813. The van der Waals surface area contributed by atoms with Crippen LogP contribution in [0.15, 0.2) is 42.5 Å². The number of benzene rings is 2. The van der Waals surface area contributed by atoms with Gasteiger partial charge in [0.1, 0.15) is 11.8 Å². The summed E-state index contributed by atoms with van der Waals surface area (Å²) >= 11 is 0. The monoisotopic (exact) mass is 364 g/mol.